The maximum atomic E-state index is 11.7. The molecule has 0 aromatic heterocycles. The van der Waals surface area contributed by atoms with Crippen LogP contribution in [0.5, 0.6) is 0 Å². The molecule has 0 saturated heterocycles. The summed E-state index contributed by atoms with van der Waals surface area (Å²) in [4.78, 5) is 13.0. The van der Waals surface area contributed by atoms with Crippen LogP contribution in [0.3, 0.4) is 0 Å². The van der Waals surface area contributed by atoms with Crippen LogP contribution in [0.15, 0.2) is 23.1 Å². The van der Waals surface area contributed by atoms with Crippen LogP contribution in [0.1, 0.15) is 5.56 Å². The lowest BCUT2D eigenvalue weighted by Crippen LogP contribution is -2.38. The van der Waals surface area contributed by atoms with Gasteiger partial charge < -0.3 is 15.5 Å². The largest absolute Gasteiger partial charge is 0.337 e. The van der Waals surface area contributed by atoms with E-state index >= 15 is 0 Å². The van der Waals surface area contributed by atoms with Gasteiger partial charge in [-0.15, -0.1) is 0 Å². The van der Waals surface area contributed by atoms with Crippen molar-refractivity contribution in [2.24, 2.45) is 0 Å². The molecule has 1 aromatic carbocycles. The molecule has 1 aromatic rings. The van der Waals surface area contributed by atoms with Crippen LogP contribution in [-0.2, 0) is 16.4 Å². The Bertz CT molecular complexity index is 603. The Balaban J connectivity index is 2.59. The van der Waals surface area contributed by atoms with Gasteiger partial charge in [0, 0.05) is 50.6 Å². The van der Waals surface area contributed by atoms with Gasteiger partial charge in [-0.1, -0.05) is 17.7 Å². The highest BCUT2D eigenvalue weighted by atomic mass is 35.5. The average molecular weight is 334 g/mol. The zero-order valence-electron chi connectivity index (χ0n) is 12.3. The van der Waals surface area contributed by atoms with Crippen LogP contribution in [0.4, 0.5) is 4.79 Å². The van der Waals surface area contributed by atoms with E-state index in [1.165, 1.54) is 11.0 Å². The van der Waals surface area contributed by atoms with E-state index in [1.54, 1.807) is 26.2 Å². The summed E-state index contributed by atoms with van der Waals surface area (Å²) in [6.45, 7) is 1.27. The quantitative estimate of drug-likeness (QED) is 0.764. The van der Waals surface area contributed by atoms with Crippen LogP contribution in [0, 0.1) is 0 Å². The van der Waals surface area contributed by atoms with E-state index < -0.39 is 9.84 Å². The monoisotopic (exact) mass is 333 g/mol. The minimum atomic E-state index is -3.32. The summed E-state index contributed by atoms with van der Waals surface area (Å²) in [7, 11) is -0.00895. The molecule has 0 aliphatic carbocycles. The van der Waals surface area contributed by atoms with Crippen LogP contribution in [0.25, 0.3) is 0 Å². The first kappa shape index (κ1) is 17.7. The maximum absolute atomic E-state index is 11.7. The molecule has 0 fully saturated rings. The number of amides is 2. The van der Waals surface area contributed by atoms with Crippen LogP contribution in [-0.4, -0.2) is 52.8 Å². The predicted molar refractivity (Wildman–Crippen MR) is 83.4 cm³/mol. The minimum Gasteiger partial charge on any atom is -0.337 e. The van der Waals surface area contributed by atoms with Gasteiger partial charge in [0.25, 0.3) is 0 Å². The van der Waals surface area contributed by atoms with E-state index in [1.807, 2.05) is 0 Å². The van der Waals surface area contributed by atoms with Gasteiger partial charge >= 0.3 is 6.03 Å². The molecule has 1 rings (SSSR count). The van der Waals surface area contributed by atoms with Gasteiger partial charge in [0.05, 0.1) is 4.90 Å². The van der Waals surface area contributed by atoms with Crippen molar-refractivity contribution in [2.75, 3.05) is 33.4 Å². The highest BCUT2D eigenvalue weighted by Crippen LogP contribution is 2.23. The van der Waals surface area contributed by atoms with Crippen LogP contribution < -0.4 is 10.6 Å². The molecule has 0 radical (unpaired) electrons. The van der Waals surface area contributed by atoms with Crippen molar-refractivity contribution < 1.29 is 13.2 Å². The first-order chi connectivity index (χ1) is 9.73. The number of benzene rings is 1. The Morgan fingerprint density at radius 1 is 1.29 bits per heavy atom. The lowest BCUT2D eigenvalue weighted by Gasteiger charge is -2.13. The molecule has 2 N–H and O–H groups in total. The summed E-state index contributed by atoms with van der Waals surface area (Å²) in [5, 5.41) is 6.17. The van der Waals surface area contributed by atoms with Gasteiger partial charge in [0.1, 0.15) is 0 Å². The number of nitrogens with zero attached hydrogens (tertiary/aromatic N) is 1. The predicted octanol–water partition coefficient (Wildman–Crippen LogP) is 1.10. The highest BCUT2D eigenvalue weighted by molar-refractivity contribution is 7.90. The molecule has 0 unspecified atom stereocenters. The molecule has 0 heterocycles. The number of sulfone groups is 1. The Morgan fingerprint density at radius 3 is 2.52 bits per heavy atom. The van der Waals surface area contributed by atoms with Gasteiger partial charge in [-0.2, -0.15) is 0 Å². The molecule has 8 heteroatoms. The third-order valence-corrected chi connectivity index (χ3v) is 4.30. The van der Waals surface area contributed by atoms with Crippen molar-refractivity contribution in [3.05, 3.63) is 28.8 Å². The number of hydrogen-bond acceptors (Lipinski definition) is 4. The molecule has 118 valence electrons. The van der Waals surface area contributed by atoms with E-state index in [0.717, 1.165) is 6.26 Å². The van der Waals surface area contributed by atoms with Crippen molar-refractivity contribution in [3.8, 4) is 0 Å². The summed E-state index contributed by atoms with van der Waals surface area (Å²) in [5.41, 5.74) is 0.542. The van der Waals surface area contributed by atoms with E-state index in [4.69, 9.17) is 11.6 Å². The SMILES string of the molecule is CN(C)C(=O)NCCNCc1c(Cl)cccc1S(C)(=O)=O. The third-order valence-electron chi connectivity index (χ3n) is 2.76. The van der Waals surface area contributed by atoms with Crippen LogP contribution in [0.2, 0.25) is 5.02 Å². The second kappa shape index (κ2) is 7.63. The van der Waals surface area contributed by atoms with Crippen molar-refractivity contribution in [1.82, 2.24) is 15.5 Å². The molecule has 21 heavy (non-hydrogen) atoms. The molecule has 0 saturated carbocycles. The summed E-state index contributed by atoms with van der Waals surface area (Å²) >= 11 is 6.06. The summed E-state index contributed by atoms with van der Waals surface area (Å²) in [6, 6.07) is 4.62. The van der Waals surface area contributed by atoms with E-state index in [0.29, 0.717) is 30.2 Å². The summed E-state index contributed by atoms with van der Waals surface area (Å²) in [5.74, 6) is 0. The number of hydrogen-bond donors (Lipinski definition) is 2. The molecular formula is C13H20ClN3O3S. The Kier molecular flexibility index (Phi) is 6.44. The average Bonchev–Trinajstić information content (AvgIpc) is 2.38. The lowest BCUT2D eigenvalue weighted by atomic mass is 10.2. The second-order valence-corrected chi connectivity index (χ2v) is 7.18. The molecule has 0 aliphatic heterocycles. The summed E-state index contributed by atoms with van der Waals surface area (Å²) in [6.07, 6.45) is 1.15. The van der Waals surface area contributed by atoms with Crippen molar-refractivity contribution in [2.45, 2.75) is 11.4 Å². The topological polar surface area (TPSA) is 78.5 Å². The van der Waals surface area contributed by atoms with E-state index in [-0.39, 0.29) is 10.9 Å². The fourth-order valence-electron chi connectivity index (χ4n) is 1.69. The molecule has 6 nitrogen and oxygen atoms in total. The molecule has 0 spiro atoms. The Hall–Kier alpha value is -1.31. The first-order valence-electron chi connectivity index (χ1n) is 6.37. The highest BCUT2D eigenvalue weighted by Gasteiger charge is 2.15. The molecule has 0 atom stereocenters. The van der Waals surface area contributed by atoms with Crippen molar-refractivity contribution in [3.63, 3.8) is 0 Å². The summed E-state index contributed by atoms with van der Waals surface area (Å²) < 4.78 is 23.4. The van der Waals surface area contributed by atoms with Crippen molar-refractivity contribution >= 4 is 27.5 Å². The van der Waals surface area contributed by atoms with Gasteiger partial charge in [-0.05, 0) is 12.1 Å². The van der Waals surface area contributed by atoms with Gasteiger partial charge in [-0.3, -0.25) is 0 Å². The molecule has 0 aliphatic rings. The minimum absolute atomic E-state index is 0.175. The standard InChI is InChI=1S/C13H20ClN3O3S/c1-17(2)13(18)16-8-7-15-9-10-11(14)5-4-6-12(10)21(3,19)20/h4-6,15H,7-9H2,1-3H3,(H,16,18). The Labute approximate surface area is 130 Å². The molecule has 2 amide bonds. The first-order valence-corrected chi connectivity index (χ1v) is 8.63. The number of carbonyl (C=O) groups excluding carboxylic acids is 1. The zero-order valence-corrected chi connectivity index (χ0v) is 13.9. The van der Waals surface area contributed by atoms with Gasteiger partial charge in [0.2, 0.25) is 0 Å². The van der Waals surface area contributed by atoms with E-state index in [9.17, 15) is 13.2 Å². The number of rotatable bonds is 6. The fourth-order valence-corrected chi connectivity index (χ4v) is 2.94. The van der Waals surface area contributed by atoms with Gasteiger partial charge in [0.15, 0.2) is 9.84 Å². The fraction of sp³-hybridized carbons (Fsp3) is 0.462. The van der Waals surface area contributed by atoms with Crippen LogP contribution >= 0.6 is 11.6 Å². The number of nitrogens with one attached hydrogen (secondary N) is 2. The zero-order chi connectivity index (χ0) is 16.0. The molecule has 0 bridgehead atoms. The van der Waals surface area contributed by atoms with Crippen molar-refractivity contribution in [1.29, 1.82) is 0 Å². The maximum Gasteiger partial charge on any atom is 0.316 e. The second-order valence-electron chi connectivity index (χ2n) is 4.79. The number of halogens is 1. The number of carbonyl (C=O) groups is 1. The van der Waals surface area contributed by atoms with E-state index in [2.05, 4.69) is 10.6 Å². The molecular weight excluding hydrogens is 314 g/mol. The Morgan fingerprint density at radius 2 is 1.95 bits per heavy atom. The smallest absolute Gasteiger partial charge is 0.316 e. The normalized spacial score (nSPS) is 11.2. The lowest BCUT2D eigenvalue weighted by molar-refractivity contribution is 0.217. The van der Waals surface area contributed by atoms with Gasteiger partial charge in [-0.25, -0.2) is 13.2 Å². The number of urea groups is 1. The third kappa shape index (κ3) is 5.53.